The van der Waals surface area contributed by atoms with Crippen molar-refractivity contribution < 1.29 is 9.59 Å². The maximum atomic E-state index is 12.9. The van der Waals surface area contributed by atoms with Gasteiger partial charge >= 0.3 is 0 Å². The number of benzene rings is 1. The van der Waals surface area contributed by atoms with Gasteiger partial charge in [0.2, 0.25) is 0 Å². The molecular formula is C18H18O2. The lowest BCUT2D eigenvalue weighted by molar-refractivity contribution is 0.0676. The third-order valence-electron chi connectivity index (χ3n) is 5.54. The van der Waals surface area contributed by atoms with Gasteiger partial charge in [-0.15, -0.1) is 0 Å². The topological polar surface area (TPSA) is 34.1 Å². The number of hydrogen-bond acceptors (Lipinski definition) is 2. The summed E-state index contributed by atoms with van der Waals surface area (Å²) >= 11 is 0. The Labute approximate surface area is 118 Å². The van der Waals surface area contributed by atoms with Gasteiger partial charge in [-0.2, -0.15) is 0 Å². The van der Waals surface area contributed by atoms with Crippen molar-refractivity contribution in [2.45, 2.75) is 26.7 Å². The van der Waals surface area contributed by atoms with Gasteiger partial charge in [-0.05, 0) is 35.8 Å². The first-order valence-corrected chi connectivity index (χ1v) is 7.46. The fraction of sp³-hybridized carbons (Fsp3) is 0.444. The smallest absolute Gasteiger partial charge is 0.168 e. The van der Waals surface area contributed by atoms with Crippen LogP contribution in [-0.2, 0) is 6.42 Å². The summed E-state index contributed by atoms with van der Waals surface area (Å²) in [5, 5.41) is 0. The van der Waals surface area contributed by atoms with Crippen LogP contribution in [-0.4, -0.2) is 11.6 Å². The van der Waals surface area contributed by atoms with Crippen molar-refractivity contribution in [3.63, 3.8) is 0 Å². The maximum absolute atomic E-state index is 12.9. The van der Waals surface area contributed by atoms with Crippen LogP contribution in [0, 0.1) is 23.2 Å². The van der Waals surface area contributed by atoms with Gasteiger partial charge in [0.05, 0.1) is 0 Å². The van der Waals surface area contributed by atoms with E-state index in [0.29, 0.717) is 11.1 Å². The molecular weight excluding hydrogens is 248 g/mol. The summed E-state index contributed by atoms with van der Waals surface area (Å²) in [6, 6.07) is 5.78. The van der Waals surface area contributed by atoms with Gasteiger partial charge in [0.25, 0.3) is 0 Å². The van der Waals surface area contributed by atoms with Crippen molar-refractivity contribution in [2.24, 2.45) is 23.2 Å². The van der Waals surface area contributed by atoms with Crippen LogP contribution in [0.15, 0.2) is 30.4 Å². The summed E-state index contributed by atoms with van der Waals surface area (Å²) in [7, 11) is 0. The van der Waals surface area contributed by atoms with Crippen LogP contribution < -0.4 is 0 Å². The largest absolute Gasteiger partial charge is 0.294 e. The monoisotopic (exact) mass is 266 g/mol. The first kappa shape index (κ1) is 12.1. The highest BCUT2D eigenvalue weighted by molar-refractivity contribution is 6.17. The number of rotatable bonds is 1. The number of ketones is 2. The highest BCUT2D eigenvalue weighted by Gasteiger charge is 2.60. The third kappa shape index (κ3) is 1.29. The second-order valence-electron chi connectivity index (χ2n) is 6.70. The van der Waals surface area contributed by atoms with Crippen LogP contribution in [0.25, 0.3) is 0 Å². The maximum Gasteiger partial charge on any atom is 0.168 e. The molecule has 0 radical (unpaired) electrons. The summed E-state index contributed by atoms with van der Waals surface area (Å²) in [6.07, 6.45) is 6.16. The average Bonchev–Trinajstić information content (AvgIpc) is 2.97. The summed E-state index contributed by atoms with van der Waals surface area (Å²) in [4.78, 5) is 25.7. The van der Waals surface area contributed by atoms with E-state index in [9.17, 15) is 9.59 Å². The molecule has 3 aliphatic carbocycles. The van der Waals surface area contributed by atoms with Gasteiger partial charge in [-0.25, -0.2) is 0 Å². The lowest BCUT2D eigenvalue weighted by Gasteiger charge is -2.36. The number of carbonyl (C=O) groups is 2. The number of carbonyl (C=O) groups excluding carboxylic acids is 2. The Balaban J connectivity index is 1.91. The zero-order chi connectivity index (χ0) is 14.1. The number of fused-ring (bicyclic) bond motifs is 6. The van der Waals surface area contributed by atoms with E-state index in [4.69, 9.17) is 0 Å². The fourth-order valence-corrected chi connectivity index (χ4v) is 4.51. The molecule has 1 fully saturated rings. The molecule has 2 nitrogen and oxygen atoms in total. The molecule has 0 heterocycles. The van der Waals surface area contributed by atoms with Gasteiger partial charge in [-0.1, -0.05) is 38.1 Å². The number of hydrogen-bond donors (Lipinski definition) is 0. The van der Waals surface area contributed by atoms with Crippen LogP contribution in [0.2, 0.25) is 0 Å². The Morgan fingerprint density at radius 2 is 2.00 bits per heavy atom. The Kier molecular flexibility index (Phi) is 2.23. The van der Waals surface area contributed by atoms with Crippen molar-refractivity contribution >= 4 is 11.6 Å². The molecule has 1 aromatic carbocycles. The molecule has 20 heavy (non-hydrogen) atoms. The van der Waals surface area contributed by atoms with Gasteiger partial charge < -0.3 is 0 Å². The number of aryl methyl sites for hydroxylation is 1. The minimum absolute atomic E-state index is 0.108. The van der Waals surface area contributed by atoms with Crippen LogP contribution in [0.1, 0.15) is 46.5 Å². The van der Waals surface area contributed by atoms with Crippen LogP contribution in [0.4, 0.5) is 0 Å². The molecule has 1 saturated carbocycles. The van der Waals surface area contributed by atoms with Gasteiger partial charge in [-0.3, -0.25) is 9.59 Å². The van der Waals surface area contributed by atoms with Crippen molar-refractivity contribution in [3.05, 3.63) is 47.0 Å². The molecule has 4 rings (SSSR count). The van der Waals surface area contributed by atoms with E-state index in [1.807, 2.05) is 18.2 Å². The Morgan fingerprint density at radius 3 is 2.75 bits per heavy atom. The minimum atomic E-state index is -0.134. The van der Waals surface area contributed by atoms with Crippen LogP contribution in [0.5, 0.6) is 0 Å². The van der Waals surface area contributed by atoms with Gasteiger partial charge in [0, 0.05) is 23.0 Å². The summed E-state index contributed by atoms with van der Waals surface area (Å²) in [5.74, 6) is 0.390. The second-order valence-corrected chi connectivity index (χ2v) is 6.70. The van der Waals surface area contributed by atoms with Crippen molar-refractivity contribution in [2.75, 3.05) is 0 Å². The molecule has 0 spiro atoms. The standard InChI is InChI=1S/C18H18O2/c1-3-10-4-5-12-13(8-10)16(19)14-11-6-7-18(2,9-11)15(14)17(12)20/h4-8,11,14-15H,3,9H2,1-2H3. The molecule has 1 aromatic rings. The minimum Gasteiger partial charge on any atom is -0.294 e. The van der Waals surface area contributed by atoms with Gasteiger partial charge in [0.1, 0.15) is 0 Å². The van der Waals surface area contributed by atoms with E-state index >= 15 is 0 Å². The lowest BCUT2D eigenvalue weighted by Crippen LogP contribution is -2.42. The van der Waals surface area contributed by atoms with E-state index in [0.717, 1.165) is 18.4 Å². The molecule has 102 valence electrons. The molecule has 2 bridgehead atoms. The van der Waals surface area contributed by atoms with E-state index in [1.54, 1.807) is 0 Å². The summed E-state index contributed by atoms with van der Waals surface area (Å²) in [6.45, 7) is 4.20. The molecule has 0 amide bonds. The Bertz CT molecular complexity index is 670. The third-order valence-corrected chi connectivity index (χ3v) is 5.54. The normalized spacial score (nSPS) is 37.2. The lowest BCUT2D eigenvalue weighted by atomic mass is 9.65. The van der Waals surface area contributed by atoms with Crippen molar-refractivity contribution in [1.29, 1.82) is 0 Å². The average molecular weight is 266 g/mol. The molecule has 4 unspecified atom stereocenters. The summed E-state index contributed by atoms with van der Waals surface area (Å²) in [5.41, 5.74) is 2.34. The molecule has 4 atom stereocenters. The first-order chi connectivity index (χ1) is 9.55. The number of Topliss-reactive ketones (excluding diaryl/α,β-unsaturated/α-hetero) is 2. The molecule has 0 aromatic heterocycles. The predicted molar refractivity (Wildman–Crippen MR) is 76.8 cm³/mol. The van der Waals surface area contributed by atoms with Gasteiger partial charge in [0.15, 0.2) is 11.6 Å². The summed E-state index contributed by atoms with van der Waals surface area (Å²) < 4.78 is 0. The first-order valence-electron chi connectivity index (χ1n) is 7.46. The van der Waals surface area contributed by atoms with Crippen molar-refractivity contribution in [3.8, 4) is 0 Å². The van der Waals surface area contributed by atoms with Crippen LogP contribution in [0.3, 0.4) is 0 Å². The van der Waals surface area contributed by atoms with E-state index in [1.165, 1.54) is 0 Å². The van der Waals surface area contributed by atoms with Crippen LogP contribution >= 0.6 is 0 Å². The molecule has 2 heteroatoms. The quantitative estimate of drug-likeness (QED) is 0.729. The molecule has 0 N–H and O–H groups in total. The molecule has 3 aliphatic rings. The fourth-order valence-electron chi connectivity index (χ4n) is 4.51. The highest BCUT2D eigenvalue weighted by Crippen LogP contribution is 2.59. The highest BCUT2D eigenvalue weighted by atomic mass is 16.1. The SMILES string of the molecule is CCc1ccc2c(c1)C(=O)C1C3C=CC(C)(C3)C1C2=O. The molecule has 0 aliphatic heterocycles. The van der Waals surface area contributed by atoms with Crippen molar-refractivity contribution in [1.82, 2.24) is 0 Å². The zero-order valence-electron chi connectivity index (χ0n) is 11.8. The second kappa shape index (κ2) is 3.69. The predicted octanol–water partition coefficient (Wildman–Crippen LogP) is 3.46. The van der Waals surface area contributed by atoms with E-state index < -0.39 is 0 Å². The molecule has 0 saturated heterocycles. The zero-order valence-corrected chi connectivity index (χ0v) is 11.8. The van der Waals surface area contributed by atoms with E-state index in [2.05, 4.69) is 26.0 Å². The van der Waals surface area contributed by atoms with E-state index in [-0.39, 0.29) is 34.7 Å². The Hall–Kier alpha value is -1.70. The Morgan fingerprint density at radius 1 is 1.20 bits per heavy atom. The number of allylic oxidation sites excluding steroid dienone is 2.